The number of pyridine rings is 1. The van der Waals surface area contributed by atoms with Crippen LogP contribution < -0.4 is 4.90 Å². The van der Waals surface area contributed by atoms with Crippen molar-refractivity contribution in [2.24, 2.45) is 0 Å². The molecule has 1 aliphatic heterocycles. The van der Waals surface area contributed by atoms with E-state index in [0.29, 0.717) is 51.3 Å². The lowest BCUT2D eigenvalue weighted by Crippen LogP contribution is -2.49. The van der Waals surface area contributed by atoms with Crippen molar-refractivity contribution in [1.82, 2.24) is 14.8 Å². The molecule has 0 radical (unpaired) electrons. The van der Waals surface area contributed by atoms with Crippen LogP contribution in [0.4, 0.5) is 5.82 Å². The lowest BCUT2D eigenvalue weighted by molar-refractivity contribution is 0.0655. The highest BCUT2D eigenvalue weighted by molar-refractivity contribution is 9.10. The van der Waals surface area contributed by atoms with Gasteiger partial charge in [-0.3, -0.25) is 4.79 Å². The summed E-state index contributed by atoms with van der Waals surface area (Å²) in [5.41, 5.74) is 3.37. The number of benzene rings is 4. The van der Waals surface area contributed by atoms with Gasteiger partial charge in [0.25, 0.3) is 5.91 Å². The van der Waals surface area contributed by atoms with Gasteiger partial charge in [0.1, 0.15) is 11.4 Å². The zero-order valence-corrected chi connectivity index (χ0v) is 28.9. The lowest BCUT2D eigenvalue weighted by Gasteiger charge is -2.37. The molecule has 1 fully saturated rings. The molecule has 1 saturated heterocycles. The van der Waals surface area contributed by atoms with E-state index in [0.717, 1.165) is 48.7 Å². The molecular formula is C40H39BrN4O3. The zero-order valence-electron chi connectivity index (χ0n) is 27.3. The van der Waals surface area contributed by atoms with Gasteiger partial charge in [0.05, 0.1) is 11.8 Å². The maximum atomic E-state index is 13.1. The van der Waals surface area contributed by atoms with E-state index in [2.05, 4.69) is 80.3 Å². The fraction of sp³-hybridized carbons (Fsp3) is 0.250. The quantitative estimate of drug-likeness (QED) is 0.168. The number of furan rings is 1. The third kappa shape index (κ3) is 6.35. The van der Waals surface area contributed by atoms with Gasteiger partial charge in [-0.15, -0.1) is 0 Å². The fourth-order valence-corrected chi connectivity index (χ4v) is 7.36. The smallest absolute Gasteiger partial charge is 0.289 e. The van der Waals surface area contributed by atoms with Gasteiger partial charge >= 0.3 is 0 Å². The summed E-state index contributed by atoms with van der Waals surface area (Å²) in [4.78, 5) is 24.8. The summed E-state index contributed by atoms with van der Waals surface area (Å²) in [6.07, 6.45) is 2.73. The first kappa shape index (κ1) is 32.1. The van der Waals surface area contributed by atoms with Crippen LogP contribution in [0, 0.1) is 0 Å². The minimum atomic E-state index is -1.33. The second kappa shape index (κ2) is 13.5. The number of fused-ring (bicyclic) bond motifs is 2. The molecule has 0 spiro atoms. The van der Waals surface area contributed by atoms with Crippen molar-refractivity contribution in [3.63, 3.8) is 0 Å². The molecule has 2 aromatic heterocycles. The Kier molecular flexibility index (Phi) is 9.05. The Hall–Kier alpha value is -4.50. The van der Waals surface area contributed by atoms with Gasteiger partial charge in [-0.25, -0.2) is 4.98 Å². The minimum absolute atomic E-state index is 0.0937. The van der Waals surface area contributed by atoms with Crippen LogP contribution in [-0.2, 0) is 12.0 Å². The molecule has 1 aliphatic rings. The van der Waals surface area contributed by atoms with Gasteiger partial charge in [-0.1, -0.05) is 88.7 Å². The van der Waals surface area contributed by atoms with Gasteiger partial charge in [0.2, 0.25) is 0 Å². The molecule has 1 N–H and O–H groups in total. The summed E-state index contributed by atoms with van der Waals surface area (Å²) < 4.78 is 6.29. The average Bonchev–Trinajstić information content (AvgIpc) is 3.65. The first-order valence-corrected chi connectivity index (χ1v) is 17.2. The maximum absolute atomic E-state index is 13.1. The molecular weight excluding hydrogens is 664 g/mol. The normalized spacial score (nSPS) is 14.9. The molecule has 8 heteroatoms. The molecule has 4 aromatic carbocycles. The van der Waals surface area contributed by atoms with Crippen molar-refractivity contribution in [1.29, 1.82) is 0 Å². The fourth-order valence-electron chi connectivity index (χ4n) is 6.88. The van der Waals surface area contributed by atoms with Gasteiger partial charge in [0, 0.05) is 54.6 Å². The summed E-state index contributed by atoms with van der Waals surface area (Å²) in [7, 11) is 4.07. The van der Waals surface area contributed by atoms with Crippen molar-refractivity contribution in [3.8, 4) is 0 Å². The Morgan fingerprint density at radius 1 is 0.875 bits per heavy atom. The van der Waals surface area contributed by atoms with Crippen molar-refractivity contribution < 1.29 is 14.3 Å². The highest BCUT2D eigenvalue weighted by Crippen LogP contribution is 2.42. The van der Waals surface area contributed by atoms with E-state index in [1.165, 1.54) is 11.8 Å². The number of amides is 1. The topological polar surface area (TPSA) is 73.1 Å². The number of anilines is 1. The van der Waals surface area contributed by atoms with Crippen molar-refractivity contribution in [2.75, 3.05) is 51.7 Å². The highest BCUT2D eigenvalue weighted by atomic mass is 79.9. The first-order valence-electron chi connectivity index (χ1n) is 16.4. The van der Waals surface area contributed by atoms with Crippen LogP contribution in [0.15, 0.2) is 118 Å². The summed E-state index contributed by atoms with van der Waals surface area (Å²) in [5, 5.41) is 16.1. The molecule has 244 valence electrons. The van der Waals surface area contributed by atoms with Crippen molar-refractivity contribution in [3.05, 3.63) is 142 Å². The molecule has 0 bridgehead atoms. The molecule has 48 heavy (non-hydrogen) atoms. The SMILES string of the molecule is CN(C)CCC(O)(c1cccc2ccccc12)c1cc(Br)cc2cc(Cc3ccccc3)c(N3CCN(C(=O)c4ccco4)CC3)nc12. The van der Waals surface area contributed by atoms with Crippen molar-refractivity contribution >= 4 is 49.3 Å². The number of carbonyl (C=O) groups is 1. The molecule has 7 nitrogen and oxygen atoms in total. The van der Waals surface area contributed by atoms with Gasteiger partial charge in [-0.2, -0.15) is 0 Å². The molecule has 0 saturated carbocycles. The standard InChI is InChI=1S/C40H39BrN4O3/c1-43(2)18-17-40(47,34-15-8-13-29-12-6-7-14-33(29)34)35-27-32(41)26-30-25-31(24-28-10-4-3-5-11-28)38(42-37(30)35)44-19-21-45(22-20-44)39(46)36-16-9-23-48-36/h3-16,23,25-27,47H,17-22,24H2,1-2H3. The predicted molar refractivity (Wildman–Crippen MR) is 196 cm³/mol. The lowest BCUT2D eigenvalue weighted by atomic mass is 9.80. The Morgan fingerprint density at radius 3 is 2.38 bits per heavy atom. The summed E-state index contributed by atoms with van der Waals surface area (Å²) in [5.74, 6) is 1.15. The molecule has 7 rings (SSSR count). The van der Waals surface area contributed by atoms with E-state index in [1.54, 1.807) is 12.1 Å². The van der Waals surface area contributed by atoms with E-state index in [4.69, 9.17) is 9.40 Å². The van der Waals surface area contributed by atoms with Crippen LogP contribution in [0.1, 0.15) is 39.2 Å². The second-order valence-corrected chi connectivity index (χ2v) is 13.8. The van der Waals surface area contributed by atoms with Crippen LogP contribution in [0.2, 0.25) is 0 Å². The number of aliphatic hydroxyl groups is 1. The number of carbonyl (C=O) groups excluding carboxylic acids is 1. The monoisotopic (exact) mass is 702 g/mol. The number of rotatable bonds is 9. The molecule has 3 heterocycles. The molecule has 1 unspecified atom stereocenters. The summed E-state index contributed by atoms with van der Waals surface area (Å²) in [6.45, 7) is 3.05. The van der Waals surface area contributed by atoms with Gasteiger partial charge < -0.3 is 24.2 Å². The Labute approximate surface area is 289 Å². The summed E-state index contributed by atoms with van der Waals surface area (Å²) >= 11 is 3.80. The number of hydrogen-bond acceptors (Lipinski definition) is 6. The Bertz CT molecular complexity index is 2050. The second-order valence-electron chi connectivity index (χ2n) is 12.9. The third-order valence-electron chi connectivity index (χ3n) is 9.38. The largest absolute Gasteiger partial charge is 0.459 e. The van der Waals surface area contributed by atoms with Gasteiger partial charge in [-0.05, 0) is 78.3 Å². The Balaban J connectivity index is 1.37. The molecule has 1 amide bonds. The van der Waals surface area contributed by atoms with E-state index in [9.17, 15) is 9.90 Å². The van der Waals surface area contributed by atoms with Crippen LogP contribution in [-0.4, -0.2) is 72.6 Å². The number of hydrogen-bond donors (Lipinski definition) is 1. The van der Waals surface area contributed by atoms with Crippen LogP contribution in [0.3, 0.4) is 0 Å². The summed E-state index contributed by atoms with van der Waals surface area (Å²) in [6, 6.07) is 34.7. The van der Waals surface area contributed by atoms with E-state index in [1.807, 2.05) is 55.4 Å². The number of aromatic nitrogens is 1. The number of nitrogens with zero attached hydrogens (tertiary/aromatic N) is 4. The maximum Gasteiger partial charge on any atom is 0.289 e. The highest BCUT2D eigenvalue weighted by Gasteiger charge is 2.36. The molecule has 1 atom stereocenters. The van der Waals surface area contributed by atoms with E-state index >= 15 is 0 Å². The van der Waals surface area contributed by atoms with Crippen LogP contribution in [0.25, 0.3) is 21.7 Å². The molecule has 6 aromatic rings. The third-order valence-corrected chi connectivity index (χ3v) is 9.83. The van der Waals surface area contributed by atoms with E-state index < -0.39 is 5.60 Å². The van der Waals surface area contributed by atoms with E-state index in [-0.39, 0.29) is 5.91 Å². The number of piperazine rings is 1. The number of halogens is 1. The Morgan fingerprint density at radius 2 is 1.62 bits per heavy atom. The zero-order chi connectivity index (χ0) is 33.3. The van der Waals surface area contributed by atoms with Crippen LogP contribution >= 0.6 is 15.9 Å². The predicted octanol–water partition coefficient (Wildman–Crippen LogP) is 7.48. The van der Waals surface area contributed by atoms with Crippen LogP contribution in [0.5, 0.6) is 0 Å². The first-order chi connectivity index (χ1) is 23.3. The average molecular weight is 704 g/mol. The molecule has 0 aliphatic carbocycles. The van der Waals surface area contributed by atoms with Gasteiger partial charge in [0.15, 0.2) is 5.76 Å². The van der Waals surface area contributed by atoms with Crippen molar-refractivity contribution in [2.45, 2.75) is 18.4 Å². The minimum Gasteiger partial charge on any atom is -0.459 e.